The third-order valence-corrected chi connectivity index (χ3v) is 3.38. The van der Waals surface area contributed by atoms with Crippen molar-refractivity contribution < 1.29 is 161 Å². The Morgan fingerprint density at radius 1 is 0.700 bits per heavy atom. The summed E-state index contributed by atoms with van der Waals surface area (Å²) in [7, 11) is -15.5. The molecule has 10 nitrogen and oxygen atoms in total. The number of rotatable bonds is 6. The minimum absolute atomic E-state index is 0. The van der Waals surface area contributed by atoms with Crippen LogP contribution in [0.1, 0.15) is 0 Å². The summed E-state index contributed by atoms with van der Waals surface area (Å²) in [6, 6.07) is 0. The molecule has 0 aliphatic heterocycles. The van der Waals surface area contributed by atoms with Gasteiger partial charge in [-0.3, -0.25) is 4.90 Å². The van der Waals surface area contributed by atoms with Crippen molar-refractivity contribution in [1.82, 2.24) is 4.90 Å². The minimum Gasteiger partial charge on any atom is -0.810 e. The first kappa shape index (κ1) is 35.5. The van der Waals surface area contributed by atoms with Crippen LogP contribution in [0, 0.1) is 0 Å². The Morgan fingerprint density at radius 3 is 1.10 bits per heavy atom. The average Bonchev–Trinajstić information content (AvgIpc) is 1.70. The number of hydrogen-bond acceptors (Lipinski definition) is 9. The molecule has 0 aromatic rings. The summed E-state index contributed by atoms with van der Waals surface area (Å²) in [6.45, 7) is 0. The van der Waals surface area contributed by atoms with E-state index in [2.05, 4.69) is 0 Å². The van der Waals surface area contributed by atoms with Gasteiger partial charge in [-0.25, -0.2) is 0 Å². The fourth-order valence-electron chi connectivity index (χ4n) is 0.877. The Hall–Kier alpha value is 4.41. The molecule has 0 fully saturated rings. The summed E-state index contributed by atoms with van der Waals surface area (Å²) in [5.74, 6) is 0. The van der Waals surface area contributed by atoms with Crippen molar-refractivity contribution in [2.24, 2.45) is 0 Å². The molecule has 0 aliphatic rings. The van der Waals surface area contributed by atoms with Crippen molar-refractivity contribution in [3.05, 3.63) is 0 Å². The molecule has 17 heteroatoms. The molecule has 98 valence electrons. The van der Waals surface area contributed by atoms with Crippen LogP contribution >= 0.6 is 22.8 Å². The molecular weight excluding hydrogens is 379 g/mol. The molecule has 1 atom stereocenters. The van der Waals surface area contributed by atoms with Crippen molar-refractivity contribution >= 4 is 22.8 Å². The molecule has 0 saturated carbocycles. The van der Waals surface area contributed by atoms with E-state index in [1.165, 1.54) is 0 Å². The maximum atomic E-state index is 10.4. The third kappa shape index (κ3) is 27.3. The van der Waals surface area contributed by atoms with Crippen LogP contribution in [0.5, 0.6) is 0 Å². The molecule has 0 radical (unpaired) electrons. The third-order valence-electron chi connectivity index (χ3n) is 1.13. The van der Waals surface area contributed by atoms with Crippen LogP contribution < -0.4 is 143 Å². The van der Waals surface area contributed by atoms with Gasteiger partial charge in [-0.15, -0.1) is 0 Å². The Labute approximate surface area is 204 Å². The predicted molar refractivity (Wildman–Crippen MR) is 41.5 cm³/mol. The van der Waals surface area contributed by atoms with Gasteiger partial charge in [0.05, 0.1) is 6.29 Å². The monoisotopic (exact) mass is 386 g/mol. The summed E-state index contributed by atoms with van der Waals surface area (Å²) in [4.78, 5) is 59.9. The zero-order chi connectivity index (χ0) is 13.2. The predicted octanol–water partition coefficient (Wildman–Crippen LogP) is -16.4. The van der Waals surface area contributed by atoms with Crippen molar-refractivity contribution in [2.75, 3.05) is 18.9 Å². The van der Waals surface area contributed by atoms with Gasteiger partial charge in [0.2, 0.25) is 0 Å². The fraction of sp³-hybridized carbons (Fsp3) is 1.00. The Bertz CT molecular complexity index is 320. The molecular formula is C3H7NNa4O9P3-. The number of hydrogen-bond donors (Lipinski definition) is 1. The van der Waals surface area contributed by atoms with Crippen molar-refractivity contribution in [3.8, 4) is 0 Å². The van der Waals surface area contributed by atoms with Gasteiger partial charge < -0.3 is 43.1 Å². The quantitative estimate of drug-likeness (QED) is 0.339. The van der Waals surface area contributed by atoms with Gasteiger partial charge in [-0.05, 0) is 0 Å². The second kappa shape index (κ2) is 14.6. The van der Waals surface area contributed by atoms with Crippen molar-refractivity contribution in [3.63, 3.8) is 0 Å². The zero-order valence-corrected chi connectivity index (χ0v) is 22.3. The summed E-state index contributed by atoms with van der Waals surface area (Å²) in [5.41, 5.74) is 0. The Morgan fingerprint density at radius 2 is 0.950 bits per heavy atom. The molecule has 0 bridgehead atoms. The van der Waals surface area contributed by atoms with Crippen LogP contribution in [0.2, 0.25) is 0 Å². The minimum atomic E-state index is -5.24. The molecule has 0 amide bonds. The second-order valence-corrected chi connectivity index (χ2v) is 7.52. The first-order valence-electron chi connectivity index (χ1n) is 3.56. The van der Waals surface area contributed by atoms with Gasteiger partial charge in [0, 0.05) is 12.6 Å². The molecule has 0 spiro atoms. The van der Waals surface area contributed by atoms with Gasteiger partial charge in [0.25, 0.3) is 0 Å². The van der Waals surface area contributed by atoms with E-state index in [4.69, 9.17) is 4.89 Å². The molecule has 0 saturated heterocycles. The molecule has 0 aromatic heterocycles. The summed E-state index contributed by atoms with van der Waals surface area (Å²) >= 11 is 0. The SMILES string of the molecule is O=P([O-])([O-])CN(CP(=O)([O-])[O-])CP(=O)([O-])O.[Na+].[Na+].[Na+].[Na+]. The van der Waals surface area contributed by atoms with Gasteiger partial charge in [0.1, 0.15) is 7.60 Å². The van der Waals surface area contributed by atoms with Crippen LogP contribution in [0.3, 0.4) is 0 Å². The summed E-state index contributed by atoms with van der Waals surface area (Å²) in [5, 5.41) is 0. The van der Waals surface area contributed by atoms with Crippen LogP contribution in [-0.4, -0.2) is 28.7 Å². The molecule has 0 aliphatic carbocycles. The molecule has 0 rings (SSSR count). The molecule has 1 unspecified atom stereocenters. The van der Waals surface area contributed by atoms with Crippen LogP contribution in [0.25, 0.3) is 0 Å². The van der Waals surface area contributed by atoms with E-state index in [1.54, 1.807) is 0 Å². The first-order chi connectivity index (χ1) is 6.79. The molecule has 0 aromatic carbocycles. The summed E-state index contributed by atoms with van der Waals surface area (Å²) < 4.78 is 30.9. The van der Waals surface area contributed by atoms with Gasteiger partial charge in [-0.2, -0.15) is 0 Å². The molecule has 20 heavy (non-hydrogen) atoms. The van der Waals surface area contributed by atoms with Gasteiger partial charge in [0.15, 0.2) is 0 Å². The smallest absolute Gasteiger partial charge is 0.810 e. The average molecular weight is 386 g/mol. The Kier molecular flexibility index (Phi) is 25.9. The Balaban J connectivity index is -0.000000187. The van der Waals surface area contributed by atoms with Crippen LogP contribution in [0.15, 0.2) is 0 Å². The zero-order valence-electron chi connectivity index (χ0n) is 11.6. The molecule has 1 N–H and O–H groups in total. The largest absolute Gasteiger partial charge is 1.00 e. The standard InChI is InChI=1S/C3H12NO9P3.4Na/c5-14(6,7)1-4(2-15(8,9)10)3-16(11,12)13;;;;/h1-3H2,(H2,5,6,7)(H2,8,9,10)(H2,11,12,13);;;;/q;4*+1/p-5. The maximum Gasteiger partial charge on any atom is 1.00 e. The van der Waals surface area contributed by atoms with E-state index in [0.717, 1.165) is 0 Å². The number of nitrogens with zero attached hydrogens (tertiary/aromatic N) is 1. The molecule has 0 heterocycles. The normalized spacial score (nSPS) is 13.9. The van der Waals surface area contributed by atoms with E-state index in [9.17, 15) is 38.2 Å². The maximum absolute atomic E-state index is 10.4. The van der Waals surface area contributed by atoms with Crippen molar-refractivity contribution in [1.29, 1.82) is 0 Å². The first-order valence-corrected chi connectivity index (χ1v) is 8.78. The van der Waals surface area contributed by atoms with Crippen molar-refractivity contribution in [2.45, 2.75) is 0 Å². The van der Waals surface area contributed by atoms with Crippen LogP contribution in [0.4, 0.5) is 0 Å². The van der Waals surface area contributed by atoms with E-state index in [0.29, 0.717) is 0 Å². The van der Waals surface area contributed by atoms with Gasteiger partial charge >= 0.3 is 118 Å². The van der Waals surface area contributed by atoms with Crippen LogP contribution in [-0.2, 0) is 13.7 Å². The fourth-order valence-corrected chi connectivity index (χ4v) is 3.44. The van der Waals surface area contributed by atoms with E-state index in [-0.39, 0.29) is 123 Å². The van der Waals surface area contributed by atoms with E-state index in [1.807, 2.05) is 0 Å². The van der Waals surface area contributed by atoms with E-state index < -0.39 is 41.6 Å². The second-order valence-electron chi connectivity index (χ2n) is 2.95. The van der Waals surface area contributed by atoms with Gasteiger partial charge in [-0.1, -0.05) is 15.2 Å². The summed E-state index contributed by atoms with van der Waals surface area (Å²) in [6.07, 6.45) is -4.36. The van der Waals surface area contributed by atoms with E-state index >= 15 is 0 Å². The topological polar surface area (TPSA) is 190 Å².